The number of hydrogen-bond acceptors (Lipinski definition) is 6. The zero-order valence-electron chi connectivity index (χ0n) is 15.1. The highest BCUT2D eigenvalue weighted by atomic mass is 32.2. The molecule has 1 amide bonds. The first-order chi connectivity index (χ1) is 13.5. The second-order valence-corrected chi connectivity index (χ2v) is 9.94. The zero-order valence-corrected chi connectivity index (χ0v) is 16.8. The molecule has 4 rings (SSSR count). The molecular formula is C19H20N4O3S2. The van der Waals surface area contributed by atoms with Crippen molar-refractivity contribution in [3.8, 4) is 0 Å². The first kappa shape index (κ1) is 18.9. The lowest BCUT2D eigenvalue weighted by molar-refractivity contribution is -0.130. The van der Waals surface area contributed by atoms with E-state index >= 15 is 0 Å². The van der Waals surface area contributed by atoms with Crippen molar-refractivity contribution in [2.24, 2.45) is 0 Å². The summed E-state index contributed by atoms with van der Waals surface area (Å²) in [6.45, 7) is 0.404. The number of rotatable bonds is 6. The average Bonchev–Trinajstić information content (AvgIpc) is 3.28. The van der Waals surface area contributed by atoms with Gasteiger partial charge in [-0.2, -0.15) is 0 Å². The number of thioether (sulfide) groups is 1. The van der Waals surface area contributed by atoms with Crippen LogP contribution in [0.2, 0.25) is 0 Å². The van der Waals surface area contributed by atoms with Crippen LogP contribution < -0.4 is 0 Å². The van der Waals surface area contributed by atoms with Crippen LogP contribution in [0.1, 0.15) is 12.0 Å². The van der Waals surface area contributed by atoms with Crippen LogP contribution in [-0.4, -0.2) is 57.1 Å². The molecule has 0 radical (unpaired) electrons. The molecule has 1 aliphatic heterocycles. The van der Waals surface area contributed by atoms with Crippen LogP contribution in [0.5, 0.6) is 0 Å². The molecule has 1 fully saturated rings. The minimum absolute atomic E-state index is 0.0318. The molecule has 1 aromatic carbocycles. The van der Waals surface area contributed by atoms with Gasteiger partial charge in [0, 0.05) is 18.8 Å². The van der Waals surface area contributed by atoms with Crippen molar-refractivity contribution in [2.75, 3.05) is 17.3 Å². The molecule has 28 heavy (non-hydrogen) atoms. The SMILES string of the molecule is O=C(CSc1nnc2ccccn12)N(Cc1ccccc1)[C@@H]1CCS(=O)(=O)C1. The fourth-order valence-electron chi connectivity index (χ4n) is 3.35. The lowest BCUT2D eigenvalue weighted by Gasteiger charge is -2.28. The number of pyridine rings is 1. The highest BCUT2D eigenvalue weighted by molar-refractivity contribution is 7.99. The molecule has 1 saturated heterocycles. The molecule has 3 aromatic rings. The van der Waals surface area contributed by atoms with E-state index in [0.717, 1.165) is 11.2 Å². The Kier molecular flexibility index (Phi) is 5.36. The van der Waals surface area contributed by atoms with E-state index in [2.05, 4.69) is 10.2 Å². The first-order valence-electron chi connectivity index (χ1n) is 8.98. The van der Waals surface area contributed by atoms with E-state index in [9.17, 15) is 13.2 Å². The van der Waals surface area contributed by atoms with Crippen LogP contribution in [0.3, 0.4) is 0 Å². The number of nitrogens with zero attached hydrogens (tertiary/aromatic N) is 4. The van der Waals surface area contributed by atoms with Gasteiger partial charge in [0.25, 0.3) is 0 Å². The standard InChI is InChI=1S/C19H20N4O3S2/c24-18(13-27-19-21-20-17-8-4-5-10-22(17)19)23(12-15-6-2-1-3-7-15)16-9-11-28(25,26)14-16/h1-8,10,16H,9,11-14H2/t16-/m1/s1. The lowest BCUT2D eigenvalue weighted by Crippen LogP contribution is -2.41. The summed E-state index contributed by atoms with van der Waals surface area (Å²) in [5.41, 5.74) is 1.71. The van der Waals surface area contributed by atoms with Crippen LogP contribution in [0, 0.1) is 0 Å². The van der Waals surface area contributed by atoms with Crippen molar-refractivity contribution in [3.05, 3.63) is 60.3 Å². The molecule has 0 unspecified atom stereocenters. The Hall–Kier alpha value is -2.39. The van der Waals surface area contributed by atoms with Crippen molar-refractivity contribution >= 4 is 33.2 Å². The molecule has 2 aromatic heterocycles. The van der Waals surface area contributed by atoms with Gasteiger partial charge in [0.1, 0.15) is 0 Å². The van der Waals surface area contributed by atoms with Crippen LogP contribution in [0.25, 0.3) is 5.65 Å². The largest absolute Gasteiger partial charge is 0.334 e. The van der Waals surface area contributed by atoms with Gasteiger partial charge in [-0.3, -0.25) is 9.20 Å². The van der Waals surface area contributed by atoms with Crippen LogP contribution >= 0.6 is 11.8 Å². The Labute approximate surface area is 167 Å². The fraction of sp³-hybridized carbons (Fsp3) is 0.316. The first-order valence-corrected chi connectivity index (χ1v) is 11.8. The second kappa shape index (κ2) is 7.92. The molecule has 0 bridgehead atoms. The minimum Gasteiger partial charge on any atom is -0.334 e. The van der Waals surface area contributed by atoms with Crippen LogP contribution in [0.4, 0.5) is 0 Å². The van der Waals surface area contributed by atoms with Gasteiger partial charge in [0.2, 0.25) is 5.91 Å². The Morgan fingerprint density at radius 2 is 1.93 bits per heavy atom. The number of fused-ring (bicyclic) bond motifs is 1. The number of amides is 1. The number of sulfone groups is 1. The van der Waals surface area contributed by atoms with E-state index in [1.807, 2.05) is 59.1 Å². The third-order valence-electron chi connectivity index (χ3n) is 4.77. The predicted molar refractivity (Wildman–Crippen MR) is 108 cm³/mol. The molecule has 3 heterocycles. The maximum absolute atomic E-state index is 13.0. The summed E-state index contributed by atoms with van der Waals surface area (Å²) in [4.78, 5) is 14.7. The maximum atomic E-state index is 13.0. The van der Waals surface area contributed by atoms with Crippen LogP contribution in [-0.2, 0) is 21.2 Å². The molecule has 0 saturated carbocycles. The molecule has 1 atom stereocenters. The van der Waals surface area contributed by atoms with Gasteiger partial charge in [-0.25, -0.2) is 8.42 Å². The smallest absolute Gasteiger partial charge is 0.233 e. The Bertz CT molecular complexity index is 1080. The molecule has 9 heteroatoms. The Morgan fingerprint density at radius 3 is 2.68 bits per heavy atom. The zero-order chi connectivity index (χ0) is 19.6. The Morgan fingerprint density at radius 1 is 1.14 bits per heavy atom. The number of aromatic nitrogens is 3. The minimum atomic E-state index is -3.08. The van der Waals surface area contributed by atoms with Gasteiger partial charge in [0.05, 0.1) is 17.3 Å². The molecule has 0 aliphatic carbocycles. The van der Waals surface area contributed by atoms with Gasteiger partial charge in [0.15, 0.2) is 20.6 Å². The maximum Gasteiger partial charge on any atom is 0.233 e. The molecule has 0 spiro atoms. The predicted octanol–water partition coefficient (Wildman–Crippen LogP) is 2.04. The normalized spacial score (nSPS) is 18.4. The van der Waals surface area contributed by atoms with Crippen molar-refractivity contribution in [1.29, 1.82) is 0 Å². The van der Waals surface area contributed by atoms with E-state index in [0.29, 0.717) is 18.1 Å². The van der Waals surface area contributed by atoms with Crippen molar-refractivity contribution in [1.82, 2.24) is 19.5 Å². The van der Waals surface area contributed by atoms with Gasteiger partial charge in [-0.15, -0.1) is 10.2 Å². The van der Waals surface area contributed by atoms with Crippen LogP contribution in [0.15, 0.2) is 59.9 Å². The number of benzene rings is 1. The molecule has 1 aliphatic rings. The summed E-state index contributed by atoms with van der Waals surface area (Å²) in [7, 11) is -3.08. The summed E-state index contributed by atoms with van der Waals surface area (Å²) in [6, 6.07) is 15.0. The summed E-state index contributed by atoms with van der Waals surface area (Å²) < 4.78 is 25.7. The summed E-state index contributed by atoms with van der Waals surface area (Å²) in [6.07, 6.45) is 2.34. The lowest BCUT2D eigenvalue weighted by atomic mass is 10.1. The van der Waals surface area contributed by atoms with E-state index in [1.54, 1.807) is 4.90 Å². The van der Waals surface area contributed by atoms with Crippen molar-refractivity contribution in [3.63, 3.8) is 0 Å². The molecule has 0 N–H and O–H groups in total. The number of carbonyl (C=O) groups is 1. The highest BCUT2D eigenvalue weighted by Crippen LogP contribution is 2.23. The van der Waals surface area contributed by atoms with E-state index < -0.39 is 9.84 Å². The van der Waals surface area contributed by atoms with Gasteiger partial charge in [-0.05, 0) is 24.1 Å². The molecule has 146 valence electrons. The third-order valence-corrected chi connectivity index (χ3v) is 7.45. The van der Waals surface area contributed by atoms with E-state index in [4.69, 9.17) is 0 Å². The topological polar surface area (TPSA) is 84.6 Å². The third kappa shape index (κ3) is 4.20. The Balaban J connectivity index is 1.51. The summed E-state index contributed by atoms with van der Waals surface area (Å²) in [5, 5.41) is 8.88. The molecule has 7 nitrogen and oxygen atoms in total. The fourth-order valence-corrected chi connectivity index (χ4v) is 5.89. The second-order valence-electron chi connectivity index (χ2n) is 6.76. The van der Waals surface area contributed by atoms with E-state index in [-0.39, 0.29) is 29.2 Å². The monoisotopic (exact) mass is 416 g/mol. The average molecular weight is 417 g/mol. The molecular weight excluding hydrogens is 396 g/mol. The van der Waals surface area contributed by atoms with Gasteiger partial charge < -0.3 is 4.90 Å². The van der Waals surface area contributed by atoms with Gasteiger partial charge in [-0.1, -0.05) is 48.2 Å². The summed E-state index contributed by atoms with van der Waals surface area (Å²) in [5.74, 6) is 0.255. The summed E-state index contributed by atoms with van der Waals surface area (Å²) >= 11 is 1.31. The van der Waals surface area contributed by atoms with Gasteiger partial charge >= 0.3 is 0 Å². The van der Waals surface area contributed by atoms with Crippen molar-refractivity contribution < 1.29 is 13.2 Å². The number of hydrogen-bond donors (Lipinski definition) is 0. The van der Waals surface area contributed by atoms with E-state index in [1.165, 1.54) is 11.8 Å². The highest BCUT2D eigenvalue weighted by Gasteiger charge is 2.34. The number of carbonyl (C=O) groups excluding carboxylic acids is 1. The quantitative estimate of drug-likeness (QED) is 0.572. The van der Waals surface area contributed by atoms with Crippen molar-refractivity contribution in [2.45, 2.75) is 24.2 Å².